The lowest BCUT2D eigenvalue weighted by molar-refractivity contribution is 0.0312. The smallest absolute Gasteiger partial charge is 0.0597 e. The van der Waals surface area contributed by atoms with Crippen LogP contribution in [0.5, 0.6) is 0 Å². The molecule has 1 aliphatic rings. The van der Waals surface area contributed by atoms with Gasteiger partial charge in [0.1, 0.15) is 0 Å². The van der Waals surface area contributed by atoms with Gasteiger partial charge in [0.05, 0.1) is 12.7 Å². The molecule has 1 rings (SSSR count). The number of likely N-dealkylation sites (N-methyl/N-ethyl adjacent to an activating group) is 1. The number of hydrogen-bond donors (Lipinski definition) is 1. The molecule has 17 heavy (non-hydrogen) atoms. The first kappa shape index (κ1) is 15.3. The maximum atomic E-state index is 6.07. The molecular formula is C13H28N2OS. The van der Waals surface area contributed by atoms with E-state index in [2.05, 4.69) is 44.5 Å². The molecule has 3 nitrogen and oxygen atoms in total. The van der Waals surface area contributed by atoms with E-state index in [1.54, 1.807) is 0 Å². The molecule has 1 heterocycles. The molecule has 0 aromatic rings. The fraction of sp³-hybridized carbons (Fsp3) is 1.00. The van der Waals surface area contributed by atoms with E-state index in [1.807, 2.05) is 0 Å². The molecule has 1 fully saturated rings. The lowest BCUT2D eigenvalue weighted by Crippen LogP contribution is -2.60. The molecule has 2 atom stereocenters. The molecule has 0 aliphatic carbocycles. The monoisotopic (exact) mass is 260 g/mol. The Hall–Kier alpha value is 0.230. The molecule has 0 radical (unpaired) electrons. The Kier molecular flexibility index (Phi) is 6.27. The molecule has 1 saturated heterocycles. The minimum absolute atomic E-state index is 0.170. The van der Waals surface area contributed by atoms with Crippen LogP contribution in [0.1, 0.15) is 33.6 Å². The van der Waals surface area contributed by atoms with Gasteiger partial charge in [-0.05, 0) is 39.5 Å². The maximum Gasteiger partial charge on any atom is 0.0597 e. The van der Waals surface area contributed by atoms with E-state index < -0.39 is 0 Å². The molecule has 102 valence electrons. The van der Waals surface area contributed by atoms with Crippen LogP contribution in [0.25, 0.3) is 0 Å². The van der Waals surface area contributed by atoms with Crippen LogP contribution >= 0.6 is 11.8 Å². The van der Waals surface area contributed by atoms with Crippen molar-refractivity contribution in [2.24, 2.45) is 5.73 Å². The third-order valence-electron chi connectivity index (χ3n) is 3.87. The van der Waals surface area contributed by atoms with E-state index in [0.29, 0.717) is 11.4 Å². The second kappa shape index (κ2) is 6.98. The summed E-state index contributed by atoms with van der Waals surface area (Å²) in [4.78, 5) is 2.42. The van der Waals surface area contributed by atoms with Crippen LogP contribution in [0.3, 0.4) is 0 Å². The lowest BCUT2D eigenvalue weighted by Gasteiger charge is -2.48. The second-order valence-electron chi connectivity index (χ2n) is 5.27. The number of hydrogen-bond acceptors (Lipinski definition) is 4. The third kappa shape index (κ3) is 3.85. The Morgan fingerprint density at radius 1 is 1.53 bits per heavy atom. The highest BCUT2D eigenvalue weighted by Crippen LogP contribution is 2.37. The zero-order valence-corrected chi connectivity index (χ0v) is 12.6. The summed E-state index contributed by atoms with van der Waals surface area (Å²) in [5.41, 5.74) is 6.24. The average molecular weight is 260 g/mol. The van der Waals surface area contributed by atoms with Gasteiger partial charge < -0.3 is 10.5 Å². The van der Waals surface area contributed by atoms with E-state index in [-0.39, 0.29) is 5.54 Å². The predicted octanol–water partition coefficient (Wildman–Crippen LogP) is 1.96. The van der Waals surface area contributed by atoms with Gasteiger partial charge in [0, 0.05) is 23.9 Å². The maximum absolute atomic E-state index is 6.07. The van der Waals surface area contributed by atoms with E-state index in [0.717, 1.165) is 19.7 Å². The van der Waals surface area contributed by atoms with Crippen LogP contribution in [0.15, 0.2) is 0 Å². The molecule has 1 aliphatic heterocycles. The number of nitrogens with zero attached hydrogens (tertiary/aromatic N) is 1. The Morgan fingerprint density at radius 3 is 2.76 bits per heavy atom. The van der Waals surface area contributed by atoms with E-state index in [1.165, 1.54) is 18.6 Å². The SMILES string of the molecule is CC(C)OCCN(C)C1(CN)CCCSC1C. The van der Waals surface area contributed by atoms with E-state index >= 15 is 0 Å². The molecule has 2 N–H and O–H groups in total. The zero-order valence-electron chi connectivity index (χ0n) is 11.7. The molecule has 2 unspecified atom stereocenters. The van der Waals surface area contributed by atoms with Gasteiger partial charge in [-0.15, -0.1) is 0 Å². The van der Waals surface area contributed by atoms with E-state index in [4.69, 9.17) is 10.5 Å². The fourth-order valence-electron chi connectivity index (χ4n) is 2.57. The first-order valence-electron chi connectivity index (χ1n) is 6.67. The van der Waals surface area contributed by atoms with Crippen molar-refractivity contribution in [3.05, 3.63) is 0 Å². The van der Waals surface area contributed by atoms with Crippen LogP contribution in [0, 0.1) is 0 Å². The highest BCUT2D eigenvalue weighted by atomic mass is 32.2. The Bertz CT molecular complexity index is 225. The minimum Gasteiger partial charge on any atom is -0.377 e. The summed E-state index contributed by atoms with van der Waals surface area (Å²) in [7, 11) is 2.19. The van der Waals surface area contributed by atoms with Crippen LogP contribution in [0.4, 0.5) is 0 Å². The number of ether oxygens (including phenoxy) is 1. The second-order valence-corrected chi connectivity index (χ2v) is 6.71. The molecular weight excluding hydrogens is 232 g/mol. The topological polar surface area (TPSA) is 38.5 Å². The van der Waals surface area contributed by atoms with Crippen molar-refractivity contribution in [3.63, 3.8) is 0 Å². The van der Waals surface area contributed by atoms with Gasteiger partial charge in [-0.3, -0.25) is 4.90 Å². The van der Waals surface area contributed by atoms with Crippen molar-refractivity contribution in [1.82, 2.24) is 4.90 Å². The molecule has 0 saturated carbocycles. The summed E-state index contributed by atoms with van der Waals surface area (Å²) in [6.07, 6.45) is 2.81. The Balaban J connectivity index is 2.52. The Morgan fingerprint density at radius 2 is 2.24 bits per heavy atom. The van der Waals surface area contributed by atoms with Gasteiger partial charge in [-0.25, -0.2) is 0 Å². The van der Waals surface area contributed by atoms with Gasteiger partial charge >= 0.3 is 0 Å². The van der Waals surface area contributed by atoms with Crippen molar-refractivity contribution in [3.8, 4) is 0 Å². The van der Waals surface area contributed by atoms with Crippen molar-refractivity contribution in [2.45, 2.75) is 50.5 Å². The average Bonchev–Trinajstić information content (AvgIpc) is 2.29. The lowest BCUT2D eigenvalue weighted by atomic mass is 9.88. The zero-order chi connectivity index (χ0) is 12.9. The third-order valence-corrected chi connectivity index (χ3v) is 5.33. The summed E-state index contributed by atoms with van der Waals surface area (Å²) in [6.45, 7) is 9.00. The first-order valence-corrected chi connectivity index (χ1v) is 7.72. The molecule has 0 amide bonds. The van der Waals surface area contributed by atoms with Crippen LogP contribution < -0.4 is 5.73 Å². The predicted molar refractivity (Wildman–Crippen MR) is 76.7 cm³/mol. The van der Waals surface area contributed by atoms with Crippen LogP contribution in [-0.4, -0.2) is 54.3 Å². The van der Waals surface area contributed by atoms with Gasteiger partial charge in [-0.2, -0.15) is 11.8 Å². The molecule has 0 bridgehead atoms. The summed E-state index contributed by atoms with van der Waals surface area (Å²) in [6, 6.07) is 0. The molecule has 0 aromatic heterocycles. The molecule has 0 aromatic carbocycles. The van der Waals surface area contributed by atoms with Gasteiger partial charge in [0.2, 0.25) is 0 Å². The number of nitrogens with two attached hydrogens (primary N) is 1. The van der Waals surface area contributed by atoms with Gasteiger partial charge in [0.25, 0.3) is 0 Å². The van der Waals surface area contributed by atoms with Gasteiger partial charge in [-0.1, -0.05) is 6.92 Å². The van der Waals surface area contributed by atoms with Crippen molar-refractivity contribution < 1.29 is 4.74 Å². The number of rotatable bonds is 6. The minimum atomic E-state index is 0.170. The van der Waals surface area contributed by atoms with Gasteiger partial charge in [0.15, 0.2) is 0 Å². The molecule has 4 heteroatoms. The largest absolute Gasteiger partial charge is 0.377 e. The number of thioether (sulfide) groups is 1. The highest BCUT2D eigenvalue weighted by Gasteiger charge is 2.40. The van der Waals surface area contributed by atoms with Crippen LogP contribution in [-0.2, 0) is 4.74 Å². The summed E-state index contributed by atoms with van der Waals surface area (Å²) in [5.74, 6) is 1.28. The standard InChI is InChI=1S/C13H28N2OS/c1-11(2)16-8-7-15(4)13(10-14)6-5-9-17-12(13)3/h11-12H,5-10,14H2,1-4H3. The molecule has 0 spiro atoms. The van der Waals surface area contributed by atoms with Crippen molar-refractivity contribution in [2.75, 3.05) is 32.5 Å². The Labute approximate surface area is 110 Å². The van der Waals surface area contributed by atoms with Crippen LogP contribution in [0.2, 0.25) is 0 Å². The first-order chi connectivity index (χ1) is 8.03. The van der Waals surface area contributed by atoms with Crippen molar-refractivity contribution in [1.29, 1.82) is 0 Å². The normalized spacial score (nSPS) is 30.2. The summed E-state index contributed by atoms with van der Waals surface area (Å²) in [5, 5.41) is 0.616. The van der Waals surface area contributed by atoms with Crippen molar-refractivity contribution >= 4 is 11.8 Å². The quantitative estimate of drug-likeness (QED) is 0.792. The van der Waals surface area contributed by atoms with E-state index in [9.17, 15) is 0 Å². The summed E-state index contributed by atoms with van der Waals surface area (Å²) >= 11 is 2.06. The fourth-order valence-corrected chi connectivity index (χ4v) is 3.94. The summed E-state index contributed by atoms with van der Waals surface area (Å²) < 4.78 is 5.64. The highest BCUT2D eigenvalue weighted by molar-refractivity contribution is 8.00.